The molecule has 0 aliphatic carbocycles. The van der Waals surface area contributed by atoms with Crippen molar-refractivity contribution in [3.8, 4) is 5.75 Å². The third kappa shape index (κ3) is 3.39. The monoisotopic (exact) mass is 304 g/mol. The van der Waals surface area contributed by atoms with E-state index in [2.05, 4.69) is 15.9 Å². The number of benzene rings is 1. The number of aliphatic hydroxyl groups is 1. The van der Waals surface area contributed by atoms with Crippen LogP contribution < -0.4 is 5.73 Å². The number of aromatic hydroxyl groups is 1. The molecule has 4 N–H and O–H groups in total. The summed E-state index contributed by atoms with van der Waals surface area (Å²) in [5.74, 6) is -0.413. The fraction of sp³-hybridized carbons (Fsp3) is 0.400. The predicted molar refractivity (Wildman–Crippen MR) is 65.7 cm³/mol. The minimum absolute atomic E-state index is 0.00937. The third-order valence-corrected chi connectivity index (χ3v) is 2.81. The number of nitro benzene ring substituents is 1. The Morgan fingerprint density at radius 2 is 2.18 bits per heavy atom. The van der Waals surface area contributed by atoms with Crippen LogP contribution in [-0.2, 0) is 0 Å². The number of nitrogens with two attached hydrogens (primary N) is 1. The molecule has 0 amide bonds. The SMILES string of the molecule is N[C@@H](CCCO)c1cc(Br)cc([N+](=O)[O-])c1O. The van der Waals surface area contributed by atoms with Gasteiger partial charge in [0.2, 0.25) is 0 Å². The summed E-state index contributed by atoms with van der Waals surface area (Å²) < 4.78 is 0.483. The summed E-state index contributed by atoms with van der Waals surface area (Å²) in [6, 6.07) is 2.22. The van der Waals surface area contributed by atoms with Crippen LogP contribution in [0.4, 0.5) is 5.69 Å². The minimum Gasteiger partial charge on any atom is -0.502 e. The van der Waals surface area contributed by atoms with Crippen molar-refractivity contribution in [2.75, 3.05) is 6.61 Å². The Labute approximate surface area is 106 Å². The van der Waals surface area contributed by atoms with Gasteiger partial charge in [0.25, 0.3) is 0 Å². The Morgan fingerprint density at radius 1 is 1.53 bits per heavy atom. The molecule has 0 aromatic heterocycles. The Morgan fingerprint density at radius 3 is 2.71 bits per heavy atom. The average molecular weight is 305 g/mol. The second kappa shape index (κ2) is 5.95. The molecule has 0 spiro atoms. The summed E-state index contributed by atoms with van der Waals surface area (Å²) in [7, 11) is 0. The van der Waals surface area contributed by atoms with Gasteiger partial charge in [0.1, 0.15) is 0 Å². The largest absolute Gasteiger partial charge is 0.502 e. The maximum atomic E-state index is 10.7. The lowest BCUT2D eigenvalue weighted by Gasteiger charge is -2.13. The van der Waals surface area contributed by atoms with E-state index in [-0.39, 0.29) is 12.3 Å². The summed E-state index contributed by atoms with van der Waals surface area (Å²) >= 11 is 3.13. The van der Waals surface area contributed by atoms with Crippen LogP contribution >= 0.6 is 15.9 Å². The highest BCUT2D eigenvalue weighted by atomic mass is 79.9. The normalized spacial score (nSPS) is 12.4. The molecule has 0 aliphatic rings. The number of nitrogens with zero attached hydrogens (tertiary/aromatic N) is 1. The molecule has 0 radical (unpaired) electrons. The van der Waals surface area contributed by atoms with Crippen LogP contribution in [0.2, 0.25) is 0 Å². The van der Waals surface area contributed by atoms with Gasteiger partial charge < -0.3 is 15.9 Å². The Hall–Kier alpha value is -1.18. The number of aliphatic hydroxyl groups excluding tert-OH is 1. The van der Waals surface area contributed by atoms with Gasteiger partial charge in [-0.3, -0.25) is 10.1 Å². The molecular weight excluding hydrogens is 292 g/mol. The number of phenols is 1. The van der Waals surface area contributed by atoms with Crippen LogP contribution in [0.15, 0.2) is 16.6 Å². The second-order valence-corrected chi connectivity index (χ2v) is 4.51. The Bertz CT molecular complexity index is 425. The molecule has 94 valence electrons. The molecule has 0 bridgehead atoms. The average Bonchev–Trinajstić information content (AvgIpc) is 2.28. The number of halogens is 1. The molecule has 0 unspecified atom stereocenters. The van der Waals surface area contributed by atoms with Crippen LogP contribution in [0.25, 0.3) is 0 Å². The molecule has 1 rings (SSSR count). The molecule has 0 aliphatic heterocycles. The lowest BCUT2D eigenvalue weighted by molar-refractivity contribution is -0.386. The minimum atomic E-state index is -0.664. The van der Waals surface area contributed by atoms with E-state index in [1.165, 1.54) is 6.07 Å². The third-order valence-electron chi connectivity index (χ3n) is 2.35. The molecule has 17 heavy (non-hydrogen) atoms. The standard InChI is InChI=1S/C10H13BrN2O4/c11-6-4-7(8(12)2-1-3-14)10(15)9(5-6)13(16)17/h4-5,8,14-15H,1-3,12H2/t8-/m0/s1. The van der Waals surface area contributed by atoms with Gasteiger partial charge in [-0.05, 0) is 18.9 Å². The lowest BCUT2D eigenvalue weighted by Crippen LogP contribution is -2.11. The molecule has 0 saturated carbocycles. The Kier molecular flexibility index (Phi) is 4.86. The highest BCUT2D eigenvalue weighted by Gasteiger charge is 2.21. The van der Waals surface area contributed by atoms with Gasteiger partial charge in [-0.15, -0.1) is 0 Å². The van der Waals surface area contributed by atoms with Gasteiger partial charge in [0, 0.05) is 28.8 Å². The summed E-state index contributed by atoms with van der Waals surface area (Å²) in [5, 5.41) is 29.1. The maximum Gasteiger partial charge on any atom is 0.312 e. The fourth-order valence-corrected chi connectivity index (χ4v) is 1.96. The lowest BCUT2D eigenvalue weighted by atomic mass is 10.0. The number of hydrogen-bond acceptors (Lipinski definition) is 5. The number of phenolic OH excluding ortho intramolecular Hbond substituents is 1. The van der Waals surface area contributed by atoms with Crippen molar-refractivity contribution >= 4 is 21.6 Å². The Balaban J connectivity index is 3.10. The van der Waals surface area contributed by atoms with Crippen molar-refractivity contribution < 1.29 is 15.1 Å². The van der Waals surface area contributed by atoms with Crippen molar-refractivity contribution in [3.63, 3.8) is 0 Å². The van der Waals surface area contributed by atoms with Crippen molar-refractivity contribution in [2.45, 2.75) is 18.9 Å². The molecular formula is C10H13BrN2O4. The van der Waals surface area contributed by atoms with Crippen molar-refractivity contribution in [1.82, 2.24) is 0 Å². The molecule has 0 saturated heterocycles. The molecule has 1 aromatic rings. The van der Waals surface area contributed by atoms with Crippen LogP contribution in [0.5, 0.6) is 5.75 Å². The van der Waals surface area contributed by atoms with Gasteiger partial charge in [-0.2, -0.15) is 0 Å². The number of nitro groups is 1. The van der Waals surface area contributed by atoms with E-state index < -0.39 is 16.7 Å². The number of rotatable bonds is 5. The first-order chi connectivity index (χ1) is 7.97. The van der Waals surface area contributed by atoms with Crippen molar-refractivity contribution in [1.29, 1.82) is 0 Å². The van der Waals surface area contributed by atoms with Crippen LogP contribution in [-0.4, -0.2) is 21.7 Å². The van der Waals surface area contributed by atoms with E-state index in [1.54, 1.807) is 6.07 Å². The van der Waals surface area contributed by atoms with Crippen molar-refractivity contribution in [2.24, 2.45) is 5.73 Å². The number of hydrogen-bond donors (Lipinski definition) is 3. The quantitative estimate of drug-likeness (QED) is 0.568. The van der Waals surface area contributed by atoms with Crippen LogP contribution in [0.1, 0.15) is 24.4 Å². The predicted octanol–water partition coefficient (Wildman–Crippen LogP) is 1.84. The summed E-state index contributed by atoms with van der Waals surface area (Å²) in [4.78, 5) is 10.0. The van der Waals surface area contributed by atoms with Gasteiger partial charge in [0.05, 0.1) is 4.92 Å². The highest BCUT2D eigenvalue weighted by Crippen LogP contribution is 2.37. The van der Waals surface area contributed by atoms with Gasteiger partial charge >= 0.3 is 5.69 Å². The summed E-state index contributed by atoms with van der Waals surface area (Å²) in [6.07, 6.45) is 0.915. The smallest absolute Gasteiger partial charge is 0.312 e. The van der Waals surface area contributed by atoms with E-state index in [1.807, 2.05) is 0 Å². The molecule has 6 nitrogen and oxygen atoms in total. The van der Waals surface area contributed by atoms with Crippen molar-refractivity contribution in [3.05, 3.63) is 32.3 Å². The van der Waals surface area contributed by atoms with E-state index in [4.69, 9.17) is 10.8 Å². The first kappa shape index (κ1) is 13.9. The second-order valence-electron chi connectivity index (χ2n) is 3.59. The molecule has 1 aromatic carbocycles. The summed E-state index contributed by atoms with van der Waals surface area (Å²) in [5.41, 5.74) is 5.73. The van der Waals surface area contributed by atoms with E-state index in [9.17, 15) is 15.2 Å². The van der Waals surface area contributed by atoms with Gasteiger partial charge in [-0.1, -0.05) is 15.9 Å². The van der Waals surface area contributed by atoms with Crippen LogP contribution in [0, 0.1) is 10.1 Å². The topological polar surface area (TPSA) is 110 Å². The van der Waals surface area contributed by atoms with E-state index >= 15 is 0 Å². The van der Waals surface area contributed by atoms with E-state index in [0.717, 1.165) is 0 Å². The van der Waals surface area contributed by atoms with Crippen LogP contribution in [0.3, 0.4) is 0 Å². The molecule has 7 heteroatoms. The molecule has 0 heterocycles. The highest BCUT2D eigenvalue weighted by molar-refractivity contribution is 9.10. The zero-order valence-corrected chi connectivity index (χ0v) is 10.6. The maximum absolute atomic E-state index is 10.7. The van der Waals surface area contributed by atoms with Gasteiger partial charge in [-0.25, -0.2) is 0 Å². The molecule has 0 fully saturated rings. The zero-order chi connectivity index (χ0) is 13.0. The summed E-state index contributed by atoms with van der Waals surface area (Å²) in [6.45, 7) is -0.00937. The fourth-order valence-electron chi connectivity index (χ4n) is 1.49. The zero-order valence-electron chi connectivity index (χ0n) is 8.97. The first-order valence-electron chi connectivity index (χ1n) is 5.00. The van der Waals surface area contributed by atoms with E-state index in [0.29, 0.717) is 22.9 Å². The molecule has 1 atom stereocenters. The van der Waals surface area contributed by atoms with Gasteiger partial charge in [0.15, 0.2) is 5.75 Å². The first-order valence-corrected chi connectivity index (χ1v) is 5.80.